The summed E-state index contributed by atoms with van der Waals surface area (Å²) in [5.74, 6) is 0.591. The monoisotopic (exact) mass is 365 g/mol. The van der Waals surface area contributed by atoms with E-state index in [0.29, 0.717) is 12.4 Å². The van der Waals surface area contributed by atoms with Crippen LogP contribution in [-0.2, 0) is 11.4 Å². The molecular weight excluding hydrogens is 346 g/mol. The van der Waals surface area contributed by atoms with Gasteiger partial charge in [-0.05, 0) is 34.0 Å². The maximum atomic E-state index is 11.0. The van der Waals surface area contributed by atoms with Gasteiger partial charge in [0.25, 0.3) is 0 Å². The van der Waals surface area contributed by atoms with Gasteiger partial charge >= 0.3 is 5.97 Å². The molecule has 0 radical (unpaired) electrons. The minimum absolute atomic E-state index is 0.0169. The Morgan fingerprint density at radius 3 is 2.62 bits per heavy atom. The Morgan fingerprint density at radius 2 is 1.85 bits per heavy atom. The van der Waals surface area contributed by atoms with Crippen LogP contribution in [0, 0.1) is 0 Å². The summed E-state index contributed by atoms with van der Waals surface area (Å²) in [4.78, 5) is 11.0. The molecule has 1 heterocycles. The van der Waals surface area contributed by atoms with Crippen LogP contribution < -0.4 is 10.1 Å². The number of fused-ring (bicyclic) bond motifs is 1. The topological polar surface area (TPSA) is 58.6 Å². The second kappa shape index (κ2) is 7.40. The van der Waals surface area contributed by atoms with Crippen LogP contribution in [0.3, 0.4) is 0 Å². The molecule has 3 aromatic rings. The van der Waals surface area contributed by atoms with E-state index in [4.69, 9.17) is 9.84 Å². The molecule has 4 nitrogen and oxygen atoms in total. The first-order valence-corrected chi connectivity index (χ1v) is 9.55. The molecule has 3 aromatic carbocycles. The highest BCUT2D eigenvalue weighted by molar-refractivity contribution is 7.99. The van der Waals surface area contributed by atoms with Crippen molar-refractivity contribution < 1.29 is 14.6 Å². The first kappa shape index (κ1) is 16.9. The molecule has 0 spiro atoms. The predicted molar refractivity (Wildman–Crippen MR) is 104 cm³/mol. The van der Waals surface area contributed by atoms with Crippen LogP contribution >= 0.6 is 11.8 Å². The van der Waals surface area contributed by atoms with E-state index in [1.165, 1.54) is 10.8 Å². The zero-order chi connectivity index (χ0) is 17.9. The summed E-state index contributed by atoms with van der Waals surface area (Å²) < 4.78 is 5.96. The van der Waals surface area contributed by atoms with Gasteiger partial charge in [-0.15, -0.1) is 11.8 Å². The molecule has 2 N–H and O–H groups in total. The number of thioether (sulfide) groups is 1. The third kappa shape index (κ3) is 3.54. The second-order valence-corrected chi connectivity index (χ2v) is 7.40. The number of hydrogen-bond acceptors (Lipinski definition) is 4. The third-order valence-corrected chi connectivity index (χ3v) is 5.80. The van der Waals surface area contributed by atoms with E-state index in [1.54, 1.807) is 11.8 Å². The van der Waals surface area contributed by atoms with Crippen LogP contribution in [0.1, 0.15) is 16.5 Å². The fourth-order valence-corrected chi connectivity index (χ4v) is 4.36. The maximum Gasteiger partial charge on any atom is 0.321 e. The van der Waals surface area contributed by atoms with E-state index in [1.807, 2.05) is 42.5 Å². The standard InChI is InChI=1S/C21H19NO3S/c23-21(24)19-13-26-20(22-19)15-8-10-17(11-9-15)25-12-16-6-3-5-14-4-1-2-7-18(14)16/h1-11,19-20,22H,12-13H2,(H,23,24). The highest BCUT2D eigenvalue weighted by atomic mass is 32.2. The van der Waals surface area contributed by atoms with E-state index >= 15 is 0 Å². The molecule has 26 heavy (non-hydrogen) atoms. The van der Waals surface area contributed by atoms with Crippen molar-refractivity contribution in [3.05, 3.63) is 77.9 Å². The summed E-state index contributed by atoms with van der Waals surface area (Å²) in [5, 5.41) is 14.6. The average Bonchev–Trinajstić information content (AvgIpc) is 3.17. The van der Waals surface area contributed by atoms with Gasteiger partial charge in [-0.3, -0.25) is 10.1 Å². The van der Waals surface area contributed by atoms with Crippen molar-refractivity contribution in [2.45, 2.75) is 18.0 Å². The Hall–Kier alpha value is -2.50. The van der Waals surface area contributed by atoms with E-state index < -0.39 is 12.0 Å². The second-order valence-electron chi connectivity index (χ2n) is 6.27. The number of carboxylic acid groups (broad SMARTS) is 1. The molecule has 2 atom stereocenters. The van der Waals surface area contributed by atoms with Crippen LogP contribution in [0.5, 0.6) is 5.75 Å². The lowest BCUT2D eigenvalue weighted by Gasteiger charge is -2.13. The van der Waals surface area contributed by atoms with Crippen LogP contribution in [0.25, 0.3) is 10.8 Å². The average molecular weight is 365 g/mol. The summed E-state index contributed by atoms with van der Waals surface area (Å²) in [5.41, 5.74) is 2.22. The number of nitrogens with one attached hydrogen (secondary N) is 1. The molecule has 0 saturated carbocycles. The molecule has 1 aliphatic rings. The smallest absolute Gasteiger partial charge is 0.321 e. The summed E-state index contributed by atoms with van der Waals surface area (Å²) in [6.45, 7) is 0.512. The largest absolute Gasteiger partial charge is 0.489 e. The summed E-state index contributed by atoms with van der Waals surface area (Å²) >= 11 is 1.62. The van der Waals surface area contributed by atoms with E-state index in [9.17, 15) is 4.79 Å². The molecule has 1 aliphatic heterocycles. The molecule has 0 amide bonds. The maximum absolute atomic E-state index is 11.0. The fraction of sp³-hybridized carbons (Fsp3) is 0.190. The highest BCUT2D eigenvalue weighted by Crippen LogP contribution is 2.33. The molecule has 4 rings (SSSR count). The lowest BCUT2D eigenvalue weighted by Crippen LogP contribution is -2.33. The van der Waals surface area contributed by atoms with Gasteiger partial charge in [-0.1, -0.05) is 54.6 Å². The highest BCUT2D eigenvalue weighted by Gasteiger charge is 2.30. The lowest BCUT2D eigenvalue weighted by atomic mass is 10.1. The van der Waals surface area contributed by atoms with Crippen molar-refractivity contribution in [2.24, 2.45) is 0 Å². The number of carbonyl (C=O) groups is 1. The Balaban J connectivity index is 1.42. The number of benzene rings is 3. The van der Waals surface area contributed by atoms with Crippen molar-refractivity contribution in [2.75, 3.05) is 5.75 Å². The first-order valence-electron chi connectivity index (χ1n) is 8.50. The SMILES string of the molecule is O=C(O)C1CSC(c2ccc(OCc3cccc4ccccc34)cc2)N1. The Labute approximate surface area is 156 Å². The van der Waals surface area contributed by atoms with Crippen LogP contribution in [0.4, 0.5) is 0 Å². The Kier molecular flexibility index (Phi) is 4.82. The number of rotatable bonds is 5. The number of hydrogen-bond donors (Lipinski definition) is 2. The molecule has 0 aromatic heterocycles. The van der Waals surface area contributed by atoms with Gasteiger partial charge in [0.1, 0.15) is 18.4 Å². The summed E-state index contributed by atoms with van der Waals surface area (Å²) in [7, 11) is 0. The van der Waals surface area contributed by atoms with Gasteiger partial charge in [0, 0.05) is 5.75 Å². The van der Waals surface area contributed by atoms with E-state index in [2.05, 4.69) is 29.6 Å². The van der Waals surface area contributed by atoms with Crippen LogP contribution in [0.15, 0.2) is 66.7 Å². The summed E-state index contributed by atoms with van der Waals surface area (Å²) in [6, 6.07) is 21.9. The molecular formula is C21H19NO3S. The van der Waals surface area contributed by atoms with Crippen LogP contribution in [-0.4, -0.2) is 22.9 Å². The van der Waals surface area contributed by atoms with E-state index in [-0.39, 0.29) is 5.37 Å². The van der Waals surface area contributed by atoms with Crippen molar-refractivity contribution in [3.8, 4) is 5.75 Å². The van der Waals surface area contributed by atoms with Gasteiger partial charge in [0.15, 0.2) is 0 Å². The fourth-order valence-electron chi connectivity index (χ4n) is 3.12. The van der Waals surface area contributed by atoms with Gasteiger partial charge < -0.3 is 9.84 Å². The summed E-state index contributed by atoms with van der Waals surface area (Å²) in [6.07, 6.45) is 0. The number of aliphatic carboxylic acids is 1. The minimum Gasteiger partial charge on any atom is -0.489 e. The van der Waals surface area contributed by atoms with Crippen LogP contribution in [0.2, 0.25) is 0 Å². The quantitative estimate of drug-likeness (QED) is 0.709. The third-order valence-electron chi connectivity index (χ3n) is 4.54. The zero-order valence-corrected chi connectivity index (χ0v) is 14.9. The Morgan fingerprint density at radius 1 is 1.08 bits per heavy atom. The molecule has 0 bridgehead atoms. The molecule has 1 fully saturated rings. The molecule has 5 heteroatoms. The van der Waals surface area contributed by atoms with Gasteiger partial charge in [0.05, 0.1) is 5.37 Å². The zero-order valence-electron chi connectivity index (χ0n) is 14.1. The van der Waals surface area contributed by atoms with Crippen molar-refractivity contribution in [3.63, 3.8) is 0 Å². The van der Waals surface area contributed by atoms with Crippen molar-refractivity contribution in [1.82, 2.24) is 5.32 Å². The molecule has 2 unspecified atom stereocenters. The van der Waals surface area contributed by atoms with Crippen molar-refractivity contribution in [1.29, 1.82) is 0 Å². The first-order chi connectivity index (χ1) is 12.7. The number of ether oxygens (including phenoxy) is 1. The number of carboxylic acids is 1. The van der Waals surface area contributed by atoms with Gasteiger partial charge in [0.2, 0.25) is 0 Å². The normalized spacial score (nSPS) is 19.5. The molecule has 132 valence electrons. The lowest BCUT2D eigenvalue weighted by molar-refractivity contribution is -0.138. The Bertz CT molecular complexity index is 921. The predicted octanol–water partition coefficient (Wildman–Crippen LogP) is 4.21. The van der Waals surface area contributed by atoms with Crippen molar-refractivity contribution >= 4 is 28.5 Å². The van der Waals surface area contributed by atoms with Gasteiger partial charge in [-0.2, -0.15) is 0 Å². The minimum atomic E-state index is -0.796. The molecule has 1 saturated heterocycles. The van der Waals surface area contributed by atoms with Gasteiger partial charge in [-0.25, -0.2) is 0 Å². The molecule has 0 aliphatic carbocycles. The van der Waals surface area contributed by atoms with E-state index in [0.717, 1.165) is 16.9 Å².